The molecule has 3 atom stereocenters. The van der Waals surface area contributed by atoms with Crippen LogP contribution >= 0.6 is 15.9 Å². The molecule has 1 saturated carbocycles. The highest BCUT2D eigenvalue weighted by atomic mass is 79.9. The number of Topliss-reactive ketones (excluding diaryl/α,β-unsaturated/α-hetero) is 1. The van der Waals surface area contributed by atoms with Gasteiger partial charge in [-0.2, -0.15) is 0 Å². The SMILES string of the molecule is CC(C)(C)OC(=O)[C@@]1(F)[C@H](c2ccc(Br)cc2)CC(=O)C[C@]1(O)/C=C/c1ccccc1. The van der Waals surface area contributed by atoms with Crippen LogP contribution in [-0.2, 0) is 14.3 Å². The molecule has 1 aliphatic carbocycles. The first-order valence-corrected chi connectivity index (χ1v) is 10.9. The molecule has 2 aromatic carbocycles. The number of rotatable bonds is 4. The topological polar surface area (TPSA) is 63.6 Å². The zero-order chi connectivity index (χ0) is 22.9. The third-order valence-corrected chi connectivity index (χ3v) is 5.86. The lowest BCUT2D eigenvalue weighted by Crippen LogP contribution is -2.63. The largest absolute Gasteiger partial charge is 0.457 e. The van der Waals surface area contributed by atoms with E-state index < -0.39 is 35.2 Å². The Morgan fingerprint density at radius 1 is 1.16 bits per heavy atom. The third-order valence-electron chi connectivity index (χ3n) is 5.33. The maximum Gasteiger partial charge on any atom is 0.348 e. The maximum absolute atomic E-state index is 16.9. The molecule has 0 aliphatic heterocycles. The monoisotopic (exact) mass is 488 g/mol. The average molecular weight is 489 g/mol. The van der Waals surface area contributed by atoms with E-state index >= 15 is 4.39 Å². The summed E-state index contributed by atoms with van der Waals surface area (Å²) in [5, 5.41) is 11.5. The first-order valence-electron chi connectivity index (χ1n) is 10.1. The molecular formula is C25H26BrFO4. The van der Waals surface area contributed by atoms with E-state index in [0.29, 0.717) is 11.1 Å². The summed E-state index contributed by atoms with van der Waals surface area (Å²) in [6, 6.07) is 15.7. The highest BCUT2D eigenvalue weighted by Crippen LogP contribution is 2.50. The van der Waals surface area contributed by atoms with E-state index in [1.54, 1.807) is 69.3 Å². The van der Waals surface area contributed by atoms with Gasteiger partial charge in [-0.15, -0.1) is 0 Å². The summed E-state index contributed by atoms with van der Waals surface area (Å²) in [6.45, 7) is 4.90. The fourth-order valence-electron chi connectivity index (χ4n) is 3.86. The van der Waals surface area contributed by atoms with Crippen LogP contribution in [0.5, 0.6) is 0 Å². The van der Waals surface area contributed by atoms with Crippen LogP contribution in [0.15, 0.2) is 65.1 Å². The van der Waals surface area contributed by atoms with Gasteiger partial charge >= 0.3 is 5.97 Å². The van der Waals surface area contributed by atoms with Gasteiger partial charge in [0, 0.05) is 23.2 Å². The second-order valence-corrected chi connectivity index (χ2v) is 9.82. The summed E-state index contributed by atoms with van der Waals surface area (Å²) in [4.78, 5) is 25.8. The summed E-state index contributed by atoms with van der Waals surface area (Å²) in [5.41, 5.74) is -5.03. The lowest BCUT2D eigenvalue weighted by atomic mass is 9.63. The number of esters is 1. The zero-order valence-corrected chi connectivity index (χ0v) is 19.4. The van der Waals surface area contributed by atoms with Crippen molar-refractivity contribution in [1.29, 1.82) is 0 Å². The molecule has 1 aliphatic rings. The quantitative estimate of drug-likeness (QED) is 0.585. The molecule has 0 heterocycles. The summed E-state index contributed by atoms with van der Waals surface area (Å²) in [6.07, 6.45) is 2.02. The Labute approximate surface area is 190 Å². The molecule has 31 heavy (non-hydrogen) atoms. The van der Waals surface area contributed by atoms with Crippen molar-refractivity contribution < 1.29 is 23.8 Å². The molecular weight excluding hydrogens is 463 g/mol. The highest BCUT2D eigenvalue weighted by molar-refractivity contribution is 9.10. The number of alkyl halides is 1. The molecule has 1 N–H and O–H groups in total. The number of hydrogen-bond acceptors (Lipinski definition) is 4. The van der Waals surface area contributed by atoms with Gasteiger partial charge in [-0.1, -0.05) is 64.5 Å². The molecule has 0 unspecified atom stereocenters. The van der Waals surface area contributed by atoms with Crippen LogP contribution in [0.4, 0.5) is 4.39 Å². The van der Waals surface area contributed by atoms with Crippen LogP contribution in [0, 0.1) is 0 Å². The molecule has 164 valence electrons. The number of ketones is 1. The number of carbonyl (C=O) groups is 2. The highest BCUT2D eigenvalue weighted by Gasteiger charge is 2.66. The van der Waals surface area contributed by atoms with Crippen LogP contribution in [0.3, 0.4) is 0 Å². The predicted octanol–water partition coefficient (Wildman–Crippen LogP) is 5.39. The predicted molar refractivity (Wildman–Crippen MR) is 121 cm³/mol. The lowest BCUT2D eigenvalue weighted by Gasteiger charge is -2.46. The Bertz CT molecular complexity index is 981. The van der Waals surface area contributed by atoms with Crippen LogP contribution < -0.4 is 0 Å². The number of carbonyl (C=O) groups excluding carboxylic acids is 2. The van der Waals surface area contributed by atoms with Crippen molar-refractivity contribution in [3.05, 3.63) is 76.3 Å². The third kappa shape index (κ3) is 4.96. The molecule has 6 heteroatoms. The van der Waals surface area contributed by atoms with E-state index in [0.717, 1.165) is 4.47 Å². The van der Waals surface area contributed by atoms with Crippen molar-refractivity contribution in [3.63, 3.8) is 0 Å². The van der Waals surface area contributed by atoms with E-state index in [1.165, 1.54) is 12.2 Å². The fourth-order valence-corrected chi connectivity index (χ4v) is 4.13. The Morgan fingerprint density at radius 2 is 1.77 bits per heavy atom. The van der Waals surface area contributed by atoms with E-state index in [1.807, 2.05) is 6.07 Å². The van der Waals surface area contributed by atoms with Crippen LogP contribution in [0.25, 0.3) is 6.08 Å². The van der Waals surface area contributed by atoms with Crippen LogP contribution in [0.1, 0.15) is 50.7 Å². The van der Waals surface area contributed by atoms with Gasteiger partial charge in [-0.3, -0.25) is 4.79 Å². The molecule has 0 radical (unpaired) electrons. The fraction of sp³-hybridized carbons (Fsp3) is 0.360. The smallest absolute Gasteiger partial charge is 0.348 e. The molecule has 3 rings (SSSR count). The molecule has 0 saturated heterocycles. The second-order valence-electron chi connectivity index (χ2n) is 8.91. The van der Waals surface area contributed by atoms with E-state index in [9.17, 15) is 14.7 Å². The van der Waals surface area contributed by atoms with Crippen molar-refractivity contribution in [2.45, 2.75) is 56.4 Å². The van der Waals surface area contributed by atoms with Crippen molar-refractivity contribution in [3.8, 4) is 0 Å². The van der Waals surface area contributed by atoms with Gasteiger partial charge in [-0.25, -0.2) is 9.18 Å². The number of ether oxygens (including phenoxy) is 1. The first-order chi connectivity index (χ1) is 14.4. The number of halogens is 2. The van der Waals surface area contributed by atoms with Gasteiger partial charge in [0.15, 0.2) is 0 Å². The second kappa shape index (κ2) is 8.67. The van der Waals surface area contributed by atoms with Crippen LogP contribution in [0.2, 0.25) is 0 Å². The molecule has 4 nitrogen and oxygen atoms in total. The normalized spacial score (nSPS) is 26.8. The molecule has 2 aromatic rings. The summed E-state index contributed by atoms with van der Waals surface area (Å²) in [5.74, 6) is -2.70. The van der Waals surface area contributed by atoms with E-state index in [4.69, 9.17) is 4.74 Å². The standard InChI is InChI=1S/C25H26BrFO4/c1-23(2,3)31-22(29)25(27)21(18-9-11-19(26)12-10-18)15-20(28)16-24(25,30)14-13-17-7-5-4-6-8-17/h4-14,21,30H,15-16H2,1-3H3/b14-13+/t21-,24+,25-/m0/s1. The summed E-state index contributed by atoms with van der Waals surface area (Å²) in [7, 11) is 0. The Kier molecular flexibility index (Phi) is 6.53. The Hall–Kier alpha value is -2.31. The van der Waals surface area contributed by atoms with Gasteiger partial charge in [-0.05, 0) is 50.1 Å². The van der Waals surface area contributed by atoms with E-state index in [-0.39, 0.29) is 12.2 Å². The van der Waals surface area contributed by atoms with Gasteiger partial charge in [0.25, 0.3) is 0 Å². The molecule has 0 aromatic heterocycles. The Balaban J connectivity index is 2.13. The molecule has 1 fully saturated rings. The molecule has 0 spiro atoms. The van der Waals surface area contributed by atoms with Gasteiger partial charge in [0.2, 0.25) is 5.67 Å². The minimum Gasteiger partial charge on any atom is -0.457 e. The van der Waals surface area contributed by atoms with Crippen molar-refractivity contribution in [1.82, 2.24) is 0 Å². The van der Waals surface area contributed by atoms with Crippen molar-refractivity contribution in [2.75, 3.05) is 0 Å². The van der Waals surface area contributed by atoms with Crippen molar-refractivity contribution in [2.24, 2.45) is 0 Å². The lowest BCUT2D eigenvalue weighted by molar-refractivity contribution is -0.194. The first kappa shape index (κ1) is 23.4. The minimum atomic E-state index is -2.85. The molecule has 0 amide bonds. The summed E-state index contributed by atoms with van der Waals surface area (Å²) < 4.78 is 23.1. The minimum absolute atomic E-state index is 0.209. The summed E-state index contributed by atoms with van der Waals surface area (Å²) >= 11 is 3.34. The maximum atomic E-state index is 16.9. The van der Waals surface area contributed by atoms with Crippen molar-refractivity contribution >= 4 is 33.8 Å². The average Bonchev–Trinajstić information content (AvgIpc) is 2.69. The number of hydrogen-bond donors (Lipinski definition) is 1. The number of aliphatic hydroxyl groups is 1. The number of benzene rings is 2. The van der Waals surface area contributed by atoms with E-state index in [2.05, 4.69) is 15.9 Å². The van der Waals surface area contributed by atoms with Gasteiger partial charge < -0.3 is 9.84 Å². The van der Waals surface area contributed by atoms with Gasteiger partial charge in [0.05, 0.1) is 0 Å². The Morgan fingerprint density at radius 3 is 2.35 bits per heavy atom. The molecule has 0 bridgehead atoms. The van der Waals surface area contributed by atoms with Gasteiger partial charge in [0.1, 0.15) is 17.0 Å². The zero-order valence-electron chi connectivity index (χ0n) is 17.8. The van der Waals surface area contributed by atoms with Crippen LogP contribution in [-0.4, -0.2) is 33.7 Å².